The molecule has 5 heteroatoms. The summed E-state index contributed by atoms with van der Waals surface area (Å²) in [6.45, 7) is 3.85. The number of imidazole rings is 1. The molecule has 0 aliphatic rings. The summed E-state index contributed by atoms with van der Waals surface area (Å²) in [5.41, 5.74) is 3.41. The standard InChI is InChI=1S/C16H14BrFN2S/c1-9-6-15-14(8-13(9)18)19-16(21)20(15)10(2)11-4-3-5-12(17)7-11/h3-8,10H,1-2H3,(H,19,21). The molecule has 0 fully saturated rings. The van der Waals surface area contributed by atoms with E-state index in [0.29, 0.717) is 10.3 Å². The maximum absolute atomic E-state index is 13.7. The molecule has 1 heterocycles. The zero-order valence-corrected chi connectivity index (χ0v) is 14.1. The highest BCUT2D eigenvalue weighted by atomic mass is 79.9. The summed E-state index contributed by atoms with van der Waals surface area (Å²) >= 11 is 8.91. The van der Waals surface area contributed by atoms with Crippen molar-refractivity contribution in [1.29, 1.82) is 0 Å². The fourth-order valence-corrected chi connectivity index (χ4v) is 3.33. The third-order valence-electron chi connectivity index (χ3n) is 3.72. The molecule has 0 saturated carbocycles. The largest absolute Gasteiger partial charge is 0.330 e. The van der Waals surface area contributed by atoms with Crippen LogP contribution in [0.25, 0.3) is 11.0 Å². The van der Waals surface area contributed by atoms with Crippen LogP contribution in [0.5, 0.6) is 0 Å². The van der Waals surface area contributed by atoms with E-state index in [-0.39, 0.29) is 11.9 Å². The molecular weight excluding hydrogens is 351 g/mol. The third-order valence-corrected chi connectivity index (χ3v) is 4.51. The molecule has 2 aromatic carbocycles. The van der Waals surface area contributed by atoms with Crippen molar-refractivity contribution in [3.63, 3.8) is 0 Å². The van der Waals surface area contributed by atoms with Gasteiger partial charge in [-0.05, 0) is 61.5 Å². The van der Waals surface area contributed by atoms with Crippen LogP contribution in [0.15, 0.2) is 40.9 Å². The normalized spacial score (nSPS) is 12.8. The number of aryl methyl sites for hydroxylation is 1. The van der Waals surface area contributed by atoms with Crippen LogP contribution in [0.4, 0.5) is 4.39 Å². The minimum absolute atomic E-state index is 0.0635. The van der Waals surface area contributed by atoms with Gasteiger partial charge in [0.1, 0.15) is 5.82 Å². The quantitative estimate of drug-likeness (QED) is 0.593. The lowest BCUT2D eigenvalue weighted by Gasteiger charge is -2.16. The molecule has 3 rings (SSSR count). The van der Waals surface area contributed by atoms with Gasteiger partial charge in [0.25, 0.3) is 0 Å². The van der Waals surface area contributed by atoms with Crippen LogP contribution in [0, 0.1) is 17.5 Å². The van der Waals surface area contributed by atoms with Crippen molar-refractivity contribution >= 4 is 39.2 Å². The van der Waals surface area contributed by atoms with Gasteiger partial charge >= 0.3 is 0 Å². The Morgan fingerprint density at radius 3 is 2.76 bits per heavy atom. The van der Waals surface area contributed by atoms with E-state index in [1.807, 2.05) is 22.8 Å². The van der Waals surface area contributed by atoms with Gasteiger partial charge in [-0.25, -0.2) is 4.39 Å². The molecule has 0 aliphatic heterocycles. The Morgan fingerprint density at radius 2 is 2.05 bits per heavy atom. The van der Waals surface area contributed by atoms with E-state index < -0.39 is 0 Å². The molecule has 0 saturated heterocycles. The zero-order chi connectivity index (χ0) is 15.1. The number of halogens is 2. The van der Waals surface area contributed by atoms with Crippen molar-refractivity contribution in [2.75, 3.05) is 0 Å². The first-order valence-corrected chi connectivity index (χ1v) is 7.83. The number of hydrogen-bond acceptors (Lipinski definition) is 1. The molecule has 0 spiro atoms. The number of nitrogens with zero attached hydrogens (tertiary/aromatic N) is 1. The minimum Gasteiger partial charge on any atom is -0.330 e. The number of hydrogen-bond donors (Lipinski definition) is 1. The highest BCUT2D eigenvalue weighted by Crippen LogP contribution is 2.27. The molecular formula is C16H14BrFN2S. The first kappa shape index (κ1) is 14.5. The van der Waals surface area contributed by atoms with Crippen molar-refractivity contribution < 1.29 is 4.39 Å². The molecule has 1 atom stereocenters. The number of benzene rings is 2. The van der Waals surface area contributed by atoms with Crippen LogP contribution in [-0.4, -0.2) is 9.55 Å². The fraction of sp³-hybridized carbons (Fsp3) is 0.188. The molecule has 1 unspecified atom stereocenters. The van der Waals surface area contributed by atoms with Gasteiger partial charge in [0.2, 0.25) is 0 Å². The Kier molecular flexibility index (Phi) is 3.71. The summed E-state index contributed by atoms with van der Waals surface area (Å²) < 4.78 is 17.4. The smallest absolute Gasteiger partial charge is 0.178 e. The third kappa shape index (κ3) is 2.56. The van der Waals surface area contributed by atoms with Crippen molar-refractivity contribution in [3.05, 3.63) is 62.6 Å². The van der Waals surface area contributed by atoms with Gasteiger partial charge in [-0.15, -0.1) is 0 Å². The van der Waals surface area contributed by atoms with E-state index in [1.54, 1.807) is 6.92 Å². The van der Waals surface area contributed by atoms with Crippen LogP contribution < -0.4 is 0 Å². The van der Waals surface area contributed by atoms with Crippen molar-refractivity contribution in [2.45, 2.75) is 19.9 Å². The maximum Gasteiger partial charge on any atom is 0.178 e. The van der Waals surface area contributed by atoms with Crippen molar-refractivity contribution in [2.24, 2.45) is 0 Å². The van der Waals surface area contributed by atoms with Crippen molar-refractivity contribution in [3.8, 4) is 0 Å². The van der Waals surface area contributed by atoms with Crippen LogP contribution >= 0.6 is 28.1 Å². The SMILES string of the molecule is Cc1cc2c(cc1F)[nH]c(=S)n2C(C)c1cccc(Br)c1. The van der Waals surface area contributed by atoms with Gasteiger partial charge in [-0.2, -0.15) is 0 Å². The van der Waals surface area contributed by atoms with Crippen LogP contribution in [-0.2, 0) is 0 Å². The van der Waals surface area contributed by atoms with Crippen LogP contribution in [0.3, 0.4) is 0 Å². The molecule has 1 N–H and O–H groups in total. The Hall–Kier alpha value is -1.46. The van der Waals surface area contributed by atoms with Gasteiger partial charge in [-0.3, -0.25) is 0 Å². The molecule has 108 valence electrons. The lowest BCUT2D eigenvalue weighted by molar-refractivity contribution is 0.619. The van der Waals surface area contributed by atoms with E-state index in [2.05, 4.69) is 40.0 Å². The molecule has 1 aromatic heterocycles. The average Bonchev–Trinajstić information content (AvgIpc) is 2.74. The summed E-state index contributed by atoms with van der Waals surface area (Å²) in [7, 11) is 0. The summed E-state index contributed by atoms with van der Waals surface area (Å²) in [4.78, 5) is 3.09. The molecule has 3 aromatic rings. The number of rotatable bonds is 2. The predicted octanol–water partition coefficient (Wildman–Crippen LogP) is 5.52. The monoisotopic (exact) mass is 364 g/mol. The molecule has 0 bridgehead atoms. The van der Waals surface area contributed by atoms with Gasteiger partial charge < -0.3 is 9.55 Å². The number of nitrogens with one attached hydrogen (secondary N) is 1. The van der Waals surface area contributed by atoms with Crippen LogP contribution in [0.2, 0.25) is 0 Å². The topological polar surface area (TPSA) is 20.7 Å². The highest BCUT2D eigenvalue weighted by Gasteiger charge is 2.14. The number of aromatic nitrogens is 2. The Bertz CT molecular complexity index is 882. The summed E-state index contributed by atoms with van der Waals surface area (Å²) in [5, 5.41) is 0. The summed E-state index contributed by atoms with van der Waals surface area (Å²) in [5.74, 6) is -0.221. The lowest BCUT2D eigenvalue weighted by Crippen LogP contribution is -2.07. The minimum atomic E-state index is -0.221. The van der Waals surface area contributed by atoms with E-state index in [4.69, 9.17) is 12.2 Å². The molecule has 0 aliphatic carbocycles. The number of H-pyrrole nitrogens is 1. The Morgan fingerprint density at radius 1 is 1.29 bits per heavy atom. The average molecular weight is 365 g/mol. The van der Waals surface area contributed by atoms with Crippen LogP contribution in [0.1, 0.15) is 24.1 Å². The molecule has 0 amide bonds. The highest BCUT2D eigenvalue weighted by molar-refractivity contribution is 9.10. The van der Waals surface area contributed by atoms with Gasteiger partial charge in [0, 0.05) is 4.47 Å². The lowest BCUT2D eigenvalue weighted by atomic mass is 10.1. The molecule has 21 heavy (non-hydrogen) atoms. The fourth-order valence-electron chi connectivity index (χ4n) is 2.55. The number of fused-ring (bicyclic) bond motifs is 1. The van der Waals surface area contributed by atoms with E-state index in [0.717, 1.165) is 21.1 Å². The molecule has 2 nitrogen and oxygen atoms in total. The summed E-state index contributed by atoms with van der Waals surface area (Å²) in [6.07, 6.45) is 0. The second-order valence-corrected chi connectivity index (χ2v) is 6.45. The predicted molar refractivity (Wildman–Crippen MR) is 89.8 cm³/mol. The second-order valence-electron chi connectivity index (χ2n) is 5.15. The first-order valence-electron chi connectivity index (χ1n) is 6.63. The van der Waals surface area contributed by atoms with E-state index >= 15 is 0 Å². The first-order chi connectivity index (χ1) is 9.97. The zero-order valence-electron chi connectivity index (χ0n) is 11.7. The second kappa shape index (κ2) is 5.39. The Balaban J connectivity index is 2.22. The van der Waals surface area contributed by atoms with Gasteiger partial charge in [-0.1, -0.05) is 28.1 Å². The van der Waals surface area contributed by atoms with Crippen molar-refractivity contribution in [1.82, 2.24) is 9.55 Å². The van der Waals surface area contributed by atoms with Gasteiger partial charge in [0.05, 0.1) is 17.1 Å². The number of aromatic amines is 1. The maximum atomic E-state index is 13.7. The Labute approximate surface area is 135 Å². The van der Waals surface area contributed by atoms with Gasteiger partial charge in [0.15, 0.2) is 4.77 Å². The van der Waals surface area contributed by atoms with E-state index in [1.165, 1.54) is 6.07 Å². The van der Waals surface area contributed by atoms with E-state index in [9.17, 15) is 4.39 Å². The molecule has 0 radical (unpaired) electrons. The summed E-state index contributed by atoms with van der Waals surface area (Å²) in [6, 6.07) is 11.5.